The standard InChI is InChI=1S/C21H45Si3/c1-4-6-8-10-12-14-16-18-20-24(23(3)22)21-19-17-15-13-11-9-7-5-2/h4-21H2,1-3H3. The van der Waals surface area contributed by atoms with E-state index >= 15 is 0 Å². The molecule has 0 N–H and O–H groups in total. The third-order valence-corrected chi connectivity index (χ3v) is 16.0. The molecule has 0 nitrogen and oxygen atoms in total. The first-order valence-electron chi connectivity index (χ1n) is 11.1. The van der Waals surface area contributed by atoms with Crippen LogP contribution in [0.5, 0.6) is 0 Å². The van der Waals surface area contributed by atoms with E-state index in [4.69, 9.17) is 0 Å². The van der Waals surface area contributed by atoms with Crippen molar-refractivity contribution in [1.82, 2.24) is 0 Å². The van der Waals surface area contributed by atoms with E-state index in [0.717, 1.165) is 0 Å². The van der Waals surface area contributed by atoms with Gasteiger partial charge in [-0.15, -0.1) is 0 Å². The summed E-state index contributed by atoms with van der Waals surface area (Å²) in [5, 5.41) is 0. The van der Waals surface area contributed by atoms with Gasteiger partial charge in [-0.05, 0) is 0 Å². The number of hydrogen-bond donors (Lipinski definition) is 0. The molecule has 0 aliphatic carbocycles. The van der Waals surface area contributed by atoms with Crippen molar-refractivity contribution in [3.05, 3.63) is 0 Å². The van der Waals surface area contributed by atoms with Gasteiger partial charge >= 0.3 is 0 Å². The highest BCUT2D eigenvalue weighted by Crippen LogP contribution is 2.16. The van der Waals surface area contributed by atoms with Crippen molar-refractivity contribution in [2.75, 3.05) is 0 Å². The number of unbranched alkanes of at least 4 members (excludes halogenated alkanes) is 14. The van der Waals surface area contributed by atoms with Crippen LogP contribution in [0.3, 0.4) is 0 Å². The first-order chi connectivity index (χ1) is 11.7. The molecule has 0 aromatic rings. The van der Waals surface area contributed by atoms with Gasteiger partial charge in [0, 0.05) is 25.9 Å². The molecule has 0 atom stereocenters. The van der Waals surface area contributed by atoms with Gasteiger partial charge in [-0.1, -0.05) is 135 Å². The summed E-state index contributed by atoms with van der Waals surface area (Å²) in [7, 11) is 3.84. The van der Waals surface area contributed by atoms with Gasteiger partial charge in [0.25, 0.3) is 0 Å². The SMILES string of the molecule is CCCCCCCCCC[Si](CCCCCCCCCC)[Si](C)[Si]. The summed E-state index contributed by atoms with van der Waals surface area (Å²) in [5.74, 6) is 0. The summed E-state index contributed by atoms with van der Waals surface area (Å²) >= 11 is 0. The Morgan fingerprint density at radius 1 is 0.500 bits per heavy atom. The molecule has 0 saturated carbocycles. The van der Waals surface area contributed by atoms with E-state index in [-0.39, 0.29) is 16.1 Å². The van der Waals surface area contributed by atoms with E-state index in [9.17, 15) is 0 Å². The van der Waals surface area contributed by atoms with Crippen LogP contribution in [0.25, 0.3) is 0 Å². The van der Waals surface area contributed by atoms with Crippen molar-refractivity contribution < 1.29 is 0 Å². The summed E-state index contributed by atoms with van der Waals surface area (Å²) in [4.78, 5) is 0. The lowest BCUT2D eigenvalue weighted by molar-refractivity contribution is 0.581. The predicted octanol–water partition coefficient (Wildman–Crippen LogP) is 7.63. The topological polar surface area (TPSA) is 0 Å². The zero-order valence-electron chi connectivity index (χ0n) is 17.2. The Balaban J connectivity index is 3.47. The second kappa shape index (κ2) is 20.0. The van der Waals surface area contributed by atoms with Crippen LogP contribution in [0.2, 0.25) is 18.6 Å². The molecule has 0 aromatic heterocycles. The van der Waals surface area contributed by atoms with Crippen molar-refractivity contribution in [2.24, 2.45) is 0 Å². The van der Waals surface area contributed by atoms with E-state index in [0.29, 0.717) is 0 Å². The molecule has 0 fully saturated rings. The van der Waals surface area contributed by atoms with Crippen LogP contribution in [0.15, 0.2) is 0 Å². The highest BCUT2D eigenvalue weighted by molar-refractivity contribution is 7.40. The van der Waals surface area contributed by atoms with E-state index in [1.165, 1.54) is 103 Å². The van der Waals surface area contributed by atoms with Crippen LogP contribution >= 0.6 is 0 Å². The average Bonchev–Trinajstić information content (AvgIpc) is 2.57. The molecule has 0 amide bonds. The summed E-state index contributed by atoms with van der Waals surface area (Å²) in [6.07, 6.45) is 23.5. The van der Waals surface area contributed by atoms with Gasteiger partial charge in [0.1, 0.15) is 0 Å². The van der Waals surface area contributed by atoms with Crippen LogP contribution in [0.1, 0.15) is 117 Å². The Kier molecular flexibility index (Phi) is 20.5. The number of hydrogen-bond acceptors (Lipinski definition) is 0. The van der Waals surface area contributed by atoms with Gasteiger partial charge in [0.05, 0.1) is 0 Å². The summed E-state index contributed by atoms with van der Waals surface area (Å²) in [6, 6.07) is 3.18. The van der Waals surface area contributed by atoms with Gasteiger partial charge in [-0.25, -0.2) is 0 Å². The van der Waals surface area contributed by atoms with Crippen LogP contribution in [0.4, 0.5) is 0 Å². The Hall–Kier alpha value is 0.651. The average molecular weight is 382 g/mol. The molecule has 0 rings (SSSR count). The largest absolute Gasteiger partial charge is 0.0759 e. The maximum Gasteiger partial charge on any atom is 0.0337 e. The maximum absolute atomic E-state index is 4.06. The molecule has 0 bridgehead atoms. The molecule has 24 heavy (non-hydrogen) atoms. The van der Waals surface area contributed by atoms with Gasteiger partial charge in [-0.2, -0.15) is 0 Å². The smallest absolute Gasteiger partial charge is 0.0337 e. The molecule has 141 valence electrons. The second-order valence-electron chi connectivity index (χ2n) is 7.68. The van der Waals surface area contributed by atoms with E-state index < -0.39 is 0 Å². The monoisotopic (exact) mass is 381 g/mol. The van der Waals surface area contributed by atoms with E-state index in [2.05, 4.69) is 30.2 Å². The molecular formula is C21H45Si3. The van der Waals surface area contributed by atoms with Crippen LogP contribution in [-0.4, -0.2) is 25.9 Å². The van der Waals surface area contributed by atoms with Crippen molar-refractivity contribution in [3.63, 3.8) is 0 Å². The lowest BCUT2D eigenvalue weighted by Gasteiger charge is -2.18. The highest BCUT2D eigenvalue weighted by Gasteiger charge is 2.15. The summed E-state index contributed by atoms with van der Waals surface area (Å²) < 4.78 is 0. The maximum atomic E-state index is 4.06. The van der Waals surface area contributed by atoms with Crippen LogP contribution in [0, 0.1) is 0 Å². The van der Waals surface area contributed by atoms with Crippen LogP contribution < -0.4 is 0 Å². The van der Waals surface area contributed by atoms with E-state index in [1.807, 2.05) is 0 Å². The number of rotatable bonds is 19. The summed E-state index contributed by atoms with van der Waals surface area (Å²) in [5.41, 5.74) is 0. The molecule has 0 heterocycles. The second-order valence-corrected chi connectivity index (χ2v) is 19.3. The minimum atomic E-state index is -0.174. The molecule has 5 radical (unpaired) electrons. The van der Waals surface area contributed by atoms with Crippen LogP contribution in [-0.2, 0) is 0 Å². The fraction of sp³-hybridized carbons (Fsp3) is 1.00. The normalized spacial score (nSPS) is 11.8. The molecule has 0 aromatic carbocycles. The summed E-state index contributed by atoms with van der Waals surface area (Å²) in [6.45, 7) is 7.12. The van der Waals surface area contributed by atoms with Gasteiger partial charge in [0.2, 0.25) is 0 Å². The molecule has 0 unspecified atom stereocenters. The zero-order chi connectivity index (χ0) is 17.9. The Labute approximate surface area is 161 Å². The molecule has 0 saturated heterocycles. The lowest BCUT2D eigenvalue weighted by Crippen LogP contribution is -2.33. The Morgan fingerprint density at radius 2 is 0.792 bits per heavy atom. The zero-order valence-corrected chi connectivity index (χ0v) is 20.2. The predicted molar refractivity (Wildman–Crippen MR) is 118 cm³/mol. The van der Waals surface area contributed by atoms with E-state index in [1.54, 1.807) is 12.1 Å². The van der Waals surface area contributed by atoms with Crippen molar-refractivity contribution >= 4 is 25.9 Å². The fourth-order valence-corrected chi connectivity index (χ4v) is 11.4. The third kappa shape index (κ3) is 17.5. The molecule has 0 spiro atoms. The van der Waals surface area contributed by atoms with Crippen molar-refractivity contribution in [2.45, 2.75) is 135 Å². The quantitative estimate of drug-likeness (QED) is 0.159. The molecule has 0 aliphatic rings. The Bertz CT molecular complexity index is 211. The van der Waals surface area contributed by atoms with Crippen molar-refractivity contribution in [3.8, 4) is 0 Å². The fourth-order valence-electron chi connectivity index (χ4n) is 3.44. The molecular weight excluding hydrogens is 336 g/mol. The molecule has 0 aliphatic heterocycles. The minimum absolute atomic E-state index is 0.0481. The van der Waals surface area contributed by atoms with Gasteiger partial charge in [-0.3, -0.25) is 0 Å². The van der Waals surface area contributed by atoms with Gasteiger partial charge in [0.15, 0.2) is 0 Å². The minimum Gasteiger partial charge on any atom is -0.0759 e. The third-order valence-electron chi connectivity index (χ3n) is 5.19. The first-order valence-corrected chi connectivity index (χ1v) is 17.5. The van der Waals surface area contributed by atoms with Gasteiger partial charge < -0.3 is 0 Å². The lowest BCUT2D eigenvalue weighted by atomic mass is 10.1. The van der Waals surface area contributed by atoms with Crippen molar-refractivity contribution in [1.29, 1.82) is 0 Å². The highest BCUT2D eigenvalue weighted by atomic mass is 29.6. The molecule has 3 heteroatoms. The first kappa shape index (κ1) is 24.7. The Morgan fingerprint density at radius 3 is 1.08 bits per heavy atom.